The predicted octanol–water partition coefficient (Wildman–Crippen LogP) is 3.22. The summed E-state index contributed by atoms with van der Waals surface area (Å²) in [6.45, 7) is -0.566. The number of nitrogens with zero attached hydrogens (tertiary/aromatic N) is 2. The van der Waals surface area contributed by atoms with Crippen molar-refractivity contribution in [1.29, 1.82) is 0 Å². The fourth-order valence-corrected chi connectivity index (χ4v) is 3.52. The molecule has 29 heavy (non-hydrogen) atoms. The molecule has 0 unspecified atom stereocenters. The number of para-hydroxylation sites is 1. The SMILES string of the molecule is CN(C(=O)CN1C(=O)S/C(=C\c2ccccc2F)C1=O)c1ccccc1C(=O)O. The molecule has 0 bridgehead atoms. The lowest BCUT2D eigenvalue weighted by Crippen LogP contribution is -2.41. The van der Waals surface area contributed by atoms with Gasteiger partial charge in [-0.05, 0) is 36.0 Å². The Balaban J connectivity index is 1.79. The van der Waals surface area contributed by atoms with Crippen LogP contribution in [0.3, 0.4) is 0 Å². The van der Waals surface area contributed by atoms with E-state index in [4.69, 9.17) is 0 Å². The largest absolute Gasteiger partial charge is 0.478 e. The molecule has 2 aromatic rings. The van der Waals surface area contributed by atoms with Crippen LogP contribution in [0.15, 0.2) is 53.4 Å². The summed E-state index contributed by atoms with van der Waals surface area (Å²) < 4.78 is 13.8. The lowest BCUT2D eigenvalue weighted by Gasteiger charge is -2.21. The number of carbonyl (C=O) groups excluding carboxylic acids is 3. The zero-order chi connectivity index (χ0) is 21.1. The maximum Gasteiger partial charge on any atom is 0.337 e. The molecule has 3 amide bonds. The summed E-state index contributed by atoms with van der Waals surface area (Å²) in [5.74, 6) is -3.11. The highest BCUT2D eigenvalue weighted by Crippen LogP contribution is 2.32. The van der Waals surface area contributed by atoms with Crippen LogP contribution in [0.5, 0.6) is 0 Å². The fraction of sp³-hybridized carbons (Fsp3) is 0.100. The Morgan fingerprint density at radius 3 is 2.48 bits per heavy atom. The van der Waals surface area contributed by atoms with Crippen molar-refractivity contribution in [2.45, 2.75) is 0 Å². The normalized spacial score (nSPS) is 15.1. The van der Waals surface area contributed by atoms with Gasteiger partial charge in [0.15, 0.2) is 0 Å². The molecule has 1 fully saturated rings. The maximum atomic E-state index is 13.8. The molecule has 0 aliphatic carbocycles. The van der Waals surface area contributed by atoms with E-state index in [-0.39, 0.29) is 21.7 Å². The molecule has 0 saturated carbocycles. The van der Waals surface area contributed by atoms with Gasteiger partial charge < -0.3 is 10.0 Å². The molecule has 1 aliphatic rings. The summed E-state index contributed by atoms with van der Waals surface area (Å²) in [6, 6.07) is 11.7. The van der Waals surface area contributed by atoms with Gasteiger partial charge in [0.2, 0.25) is 5.91 Å². The minimum absolute atomic E-state index is 0.00138. The highest BCUT2D eigenvalue weighted by Gasteiger charge is 2.37. The Labute approximate surface area is 169 Å². The monoisotopic (exact) mass is 414 g/mol. The summed E-state index contributed by atoms with van der Waals surface area (Å²) in [4.78, 5) is 50.5. The Hall–Kier alpha value is -3.46. The zero-order valence-electron chi connectivity index (χ0n) is 15.2. The second-order valence-electron chi connectivity index (χ2n) is 6.06. The molecule has 2 aromatic carbocycles. The number of hydrogen-bond acceptors (Lipinski definition) is 5. The molecular weight excluding hydrogens is 399 g/mol. The Kier molecular flexibility index (Phi) is 5.79. The number of carboxylic acids is 1. The predicted molar refractivity (Wildman–Crippen MR) is 106 cm³/mol. The smallest absolute Gasteiger partial charge is 0.337 e. The lowest BCUT2D eigenvalue weighted by atomic mass is 10.1. The van der Waals surface area contributed by atoms with Gasteiger partial charge in [-0.15, -0.1) is 0 Å². The van der Waals surface area contributed by atoms with E-state index in [2.05, 4.69) is 0 Å². The molecule has 0 aromatic heterocycles. The number of imide groups is 1. The van der Waals surface area contributed by atoms with Crippen molar-refractivity contribution in [2.75, 3.05) is 18.5 Å². The zero-order valence-corrected chi connectivity index (χ0v) is 16.0. The number of hydrogen-bond donors (Lipinski definition) is 1. The Morgan fingerprint density at radius 2 is 1.79 bits per heavy atom. The average Bonchev–Trinajstić information content (AvgIpc) is 2.96. The van der Waals surface area contributed by atoms with Crippen LogP contribution in [-0.4, -0.2) is 46.6 Å². The van der Waals surface area contributed by atoms with Gasteiger partial charge in [-0.1, -0.05) is 30.3 Å². The van der Waals surface area contributed by atoms with Gasteiger partial charge in [0.25, 0.3) is 11.1 Å². The van der Waals surface area contributed by atoms with Crippen LogP contribution in [-0.2, 0) is 9.59 Å². The van der Waals surface area contributed by atoms with Gasteiger partial charge in [-0.2, -0.15) is 0 Å². The number of carbonyl (C=O) groups is 4. The van der Waals surface area contributed by atoms with E-state index in [1.807, 2.05) is 0 Å². The van der Waals surface area contributed by atoms with E-state index in [9.17, 15) is 28.7 Å². The molecule has 0 radical (unpaired) electrons. The summed E-state index contributed by atoms with van der Waals surface area (Å²) >= 11 is 0.610. The molecule has 0 spiro atoms. The van der Waals surface area contributed by atoms with E-state index >= 15 is 0 Å². The number of likely N-dealkylation sites (N-methyl/N-ethyl adjacent to an activating group) is 1. The van der Waals surface area contributed by atoms with E-state index in [1.54, 1.807) is 12.1 Å². The number of carboxylic acid groups (broad SMARTS) is 1. The van der Waals surface area contributed by atoms with Crippen LogP contribution in [0.1, 0.15) is 15.9 Å². The van der Waals surface area contributed by atoms with Crippen LogP contribution in [0.25, 0.3) is 6.08 Å². The van der Waals surface area contributed by atoms with Gasteiger partial charge in [-0.3, -0.25) is 19.3 Å². The van der Waals surface area contributed by atoms with Crippen molar-refractivity contribution in [3.63, 3.8) is 0 Å². The molecule has 148 valence electrons. The number of amides is 3. The van der Waals surface area contributed by atoms with Gasteiger partial charge in [0.1, 0.15) is 12.4 Å². The topological polar surface area (TPSA) is 95.0 Å². The second kappa shape index (κ2) is 8.27. The van der Waals surface area contributed by atoms with Crippen LogP contribution in [0, 0.1) is 5.82 Å². The molecular formula is C20H15FN2O5S. The lowest BCUT2D eigenvalue weighted by molar-refractivity contribution is -0.128. The number of rotatable bonds is 5. The number of anilines is 1. The minimum atomic E-state index is -1.21. The van der Waals surface area contributed by atoms with Crippen LogP contribution in [0.4, 0.5) is 14.9 Å². The van der Waals surface area contributed by atoms with Crippen molar-refractivity contribution >= 4 is 46.5 Å². The molecule has 1 aliphatic heterocycles. The Bertz CT molecular complexity index is 1050. The van der Waals surface area contributed by atoms with Crippen molar-refractivity contribution in [1.82, 2.24) is 4.90 Å². The summed E-state index contributed by atoms with van der Waals surface area (Å²) in [6.07, 6.45) is 1.26. The van der Waals surface area contributed by atoms with Crippen LogP contribution >= 0.6 is 11.8 Å². The maximum absolute atomic E-state index is 13.8. The molecule has 1 saturated heterocycles. The van der Waals surface area contributed by atoms with Crippen molar-refractivity contribution < 1.29 is 28.7 Å². The number of aromatic carboxylic acids is 1. The Morgan fingerprint density at radius 1 is 1.14 bits per heavy atom. The van der Waals surface area contributed by atoms with Gasteiger partial charge >= 0.3 is 5.97 Å². The summed E-state index contributed by atoms with van der Waals surface area (Å²) in [5, 5.41) is 8.60. The fourth-order valence-electron chi connectivity index (χ4n) is 2.69. The quantitative estimate of drug-likeness (QED) is 0.755. The van der Waals surface area contributed by atoms with E-state index in [1.165, 1.54) is 49.5 Å². The van der Waals surface area contributed by atoms with Gasteiger partial charge in [-0.25, -0.2) is 9.18 Å². The third-order valence-electron chi connectivity index (χ3n) is 4.23. The summed E-state index contributed by atoms with van der Waals surface area (Å²) in [5.41, 5.74) is 0.202. The number of benzene rings is 2. The van der Waals surface area contributed by atoms with Crippen molar-refractivity contribution in [2.24, 2.45) is 0 Å². The average molecular weight is 414 g/mol. The molecule has 1 heterocycles. The standard InChI is InChI=1S/C20H15FN2O5S/c1-22(15-9-5-3-7-13(15)19(26)27)17(24)11-23-18(25)16(29-20(23)28)10-12-6-2-4-8-14(12)21/h2-10H,11H2,1H3,(H,26,27)/b16-10-. The molecule has 9 heteroatoms. The highest BCUT2D eigenvalue weighted by atomic mass is 32.2. The minimum Gasteiger partial charge on any atom is -0.478 e. The number of halogens is 1. The van der Waals surface area contributed by atoms with Crippen LogP contribution < -0.4 is 4.90 Å². The third-order valence-corrected chi connectivity index (χ3v) is 5.14. The highest BCUT2D eigenvalue weighted by molar-refractivity contribution is 8.18. The molecule has 3 rings (SSSR count). The van der Waals surface area contributed by atoms with E-state index < -0.39 is 35.4 Å². The molecule has 0 atom stereocenters. The summed E-state index contributed by atoms with van der Waals surface area (Å²) in [7, 11) is 1.36. The first-order chi connectivity index (χ1) is 13.8. The first-order valence-electron chi connectivity index (χ1n) is 8.38. The van der Waals surface area contributed by atoms with E-state index in [0.717, 1.165) is 9.80 Å². The third kappa shape index (κ3) is 4.19. The van der Waals surface area contributed by atoms with Crippen molar-refractivity contribution in [3.8, 4) is 0 Å². The molecule has 1 N–H and O–H groups in total. The number of thioether (sulfide) groups is 1. The molecule has 7 nitrogen and oxygen atoms in total. The second-order valence-corrected chi connectivity index (χ2v) is 7.06. The van der Waals surface area contributed by atoms with Gasteiger partial charge in [0, 0.05) is 12.6 Å². The first kappa shape index (κ1) is 20.3. The van der Waals surface area contributed by atoms with Crippen LogP contribution in [0.2, 0.25) is 0 Å². The van der Waals surface area contributed by atoms with Gasteiger partial charge in [0.05, 0.1) is 16.2 Å². The first-order valence-corrected chi connectivity index (χ1v) is 9.20. The van der Waals surface area contributed by atoms with E-state index in [0.29, 0.717) is 11.8 Å². The van der Waals surface area contributed by atoms with Crippen molar-refractivity contribution in [3.05, 3.63) is 70.4 Å².